The van der Waals surface area contributed by atoms with Crippen LogP contribution < -0.4 is 10.3 Å². The molecule has 1 N–H and O–H groups in total. The maximum atomic E-state index is 13.6. The van der Waals surface area contributed by atoms with E-state index in [9.17, 15) is 9.18 Å². The molecular formula is C22H25FN4OS. The lowest BCUT2D eigenvalue weighted by molar-refractivity contribution is -0.121. The second kappa shape index (κ2) is 9.41. The van der Waals surface area contributed by atoms with Gasteiger partial charge in [0.1, 0.15) is 5.82 Å². The molecule has 0 unspecified atom stereocenters. The normalized spacial score (nSPS) is 18.5. The minimum Gasteiger partial charge on any atom is -0.369 e. The number of fused-ring (bicyclic) bond motifs is 1. The quantitative estimate of drug-likeness (QED) is 0.765. The molecule has 1 saturated heterocycles. The van der Waals surface area contributed by atoms with Gasteiger partial charge in [-0.15, -0.1) is 11.8 Å². The second-order valence-corrected chi connectivity index (χ2v) is 8.38. The van der Waals surface area contributed by atoms with Crippen molar-refractivity contribution < 1.29 is 9.18 Å². The lowest BCUT2D eigenvalue weighted by atomic mass is 10.1. The average Bonchev–Trinajstić information content (AvgIpc) is 2.77. The number of hydrogen-bond donors (Lipinski definition) is 1. The molecular weight excluding hydrogens is 387 g/mol. The number of halogens is 1. The molecule has 152 valence electrons. The first-order valence-corrected chi connectivity index (χ1v) is 11.0. The van der Waals surface area contributed by atoms with Gasteiger partial charge < -0.3 is 4.90 Å². The molecule has 2 aliphatic heterocycles. The first kappa shape index (κ1) is 19.9. The predicted octanol–water partition coefficient (Wildman–Crippen LogP) is 3.35. The topological polar surface area (TPSA) is 47.9 Å². The highest BCUT2D eigenvalue weighted by atomic mass is 32.2. The van der Waals surface area contributed by atoms with Crippen LogP contribution >= 0.6 is 11.8 Å². The summed E-state index contributed by atoms with van der Waals surface area (Å²) in [5.41, 5.74) is 5.46. The van der Waals surface area contributed by atoms with Crippen LogP contribution in [0.3, 0.4) is 0 Å². The maximum absolute atomic E-state index is 13.6. The zero-order valence-corrected chi connectivity index (χ0v) is 17.1. The molecule has 2 aromatic carbocycles. The summed E-state index contributed by atoms with van der Waals surface area (Å²) in [7, 11) is 0. The van der Waals surface area contributed by atoms with Crippen molar-refractivity contribution in [3.05, 3.63) is 59.9 Å². The summed E-state index contributed by atoms with van der Waals surface area (Å²) in [6.45, 7) is 4.55. The van der Waals surface area contributed by atoms with E-state index in [1.165, 1.54) is 17.8 Å². The Bertz CT molecular complexity index is 882. The monoisotopic (exact) mass is 412 g/mol. The van der Waals surface area contributed by atoms with Crippen LogP contribution in [-0.2, 0) is 4.79 Å². The van der Waals surface area contributed by atoms with Crippen LogP contribution in [0, 0.1) is 5.82 Å². The first-order valence-electron chi connectivity index (χ1n) is 9.99. The molecule has 0 bridgehead atoms. The van der Waals surface area contributed by atoms with Gasteiger partial charge in [-0.2, -0.15) is 5.10 Å². The van der Waals surface area contributed by atoms with Gasteiger partial charge in [0.05, 0.1) is 5.71 Å². The highest BCUT2D eigenvalue weighted by molar-refractivity contribution is 7.99. The zero-order chi connectivity index (χ0) is 20.1. The molecule has 0 aromatic heterocycles. The van der Waals surface area contributed by atoms with Crippen LogP contribution in [0.25, 0.3) is 0 Å². The van der Waals surface area contributed by atoms with Gasteiger partial charge in [0, 0.05) is 67.5 Å². The SMILES string of the molecule is O=C(CCN1CCN(c2ccccc2)CC1)N/N=C1/CCSc2ccc(F)cc21. The Morgan fingerprint density at radius 1 is 1.10 bits per heavy atom. The summed E-state index contributed by atoms with van der Waals surface area (Å²) in [6.07, 6.45) is 1.13. The standard InChI is InChI=1S/C22H25FN4OS/c23-17-6-7-21-19(16-17)20(9-15-29-21)24-25-22(28)8-10-26-11-13-27(14-12-26)18-4-2-1-3-5-18/h1-7,16H,8-15H2,(H,25,28)/b24-20-. The predicted molar refractivity (Wildman–Crippen MR) is 116 cm³/mol. The van der Waals surface area contributed by atoms with Crippen molar-refractivity contribution in [3.63, 3.8) is 0 Å². The minimum absolute atomic E-state index is 0.0980. The Morgan fingerprint density at radius 3 is 2.69 bits per heavy atom. The number of para-hydroxylation sites is 1. The number of amides is 1. The number of carbonyl (C=O) groups excluding carboxylic acids is 1. The van der Waals surface area contributed by atoms with Gasteiger partial charge in [0.15, 0.2) is 0 Å². The van der Waals surface area contributed by atoms with Crippen molar-refractivity contribution in [1.82, 2.24) is 10.3 Å². The molecule has 2 aromatic rings. The number of hydrazone groups is 1. The Hall–Kier alpha value is -2.38. The van der Waals surface area contributed by atoms with Crippen LogP contribution in [-0.4, -0.2) is 55.0 Å². The molecule has 0 aliphatic carbocycles. The van der Waals surface area contributed by atoms with E-state index < -0.39 is 0 Å². The molecule has 1 amide bonds. The van der Waals surface area contributed by atoms with Crippen LogP contribution in [0.5, 0.6) is 0 Å². The first-order chi connectivity index (χ1) is 14.2. The van der Waals surface area contributed by atoms with E-state index in [2.05, 4.69) is 44.6 Å². The molecule has 0 saturated carbocycles. The van der Waals surface area contributed by atoms with Gasteiger partial charge in [-0.25, -0.2) is 9.82 Å². The Kier molecular flexibility index (Phi) is 6.46. The van der Waals surface area contributed by atoms with Crippen molar-refractivity contribution in [2.24, 2.45) is 5.10 Å². The van der Waals surface area contributed by atoms with E-state index in [4.69, 9.17) is 0 Å². The number of nitrogens with zero attached hydrogens (tertiary/aromatic N) is 3. The van der Waals surface area contributed by atoms with E-state index in [0.29, 0.717) is 6.42 Å². The third-order valence-corrected chi connectivity index (χ3v) is 6.39. The Labute approximate surface area is 175 Å². The van der Waals surface area contributed by atoms with Gasteiger partial charge in [-0.1, -0.05) is 18.2 Å². The van der Waals surface area contributed by atoms with E-state index in [1.807, 2.05) is 6.07 Å². The van der Waals surface area contributed by atoms with Gasteiger partial charge in [-0.05, 0) is 30.3 Å². The number of thioether (sulfide) groups is 1. The highest BCUT2D eigenvalue weighted by Crippen LogP contribution is 2.30. The number of piperazine rings is 1. The molecule has 2 heterocycles. The Morgan fingerprint density at radius 2 is 1.90 bits per heavy atom. The van der Waals surface area contributed by atoms with Crippen molar-refractivity contribution in [1.29, 1.82) is 0 Å². The minimum atomic E-state index is -0.278. The fourth-order valence-electron chi connectivity index (χ4n) is 3.68. The summed E-state index contributed by atoms with van der Waals surface area (Å²) < 4.78 is 13.6. The van der Waals surface area contributed by atoms with Crippen molar-refractivity contribution in [3.8, 4) is 0 Å². The molecule has 1 fully saturated rings. The maximum Gasteiger partial charge on any atom is 0.241 e. The van der Waals surface area contributed by atoms with Gasteiger partial charge in [-0.3, -0.25) is 9.69 Å². The smallest absolute Gasteiger partial charge is 0.241 e. The van der Waals surface area contributed by atoms with Crippen molar-refractivity contribution >= 4 is 29.1 Å². The summed E-state index contributed by atoms with van der Waals surface area (Å²) in [6, 6.07) is 15.2. The van der Waals surface area contributed by atoms with E-state index in [-0.39, 0.29) is 11.7 Å². The van der Waals surface area contributed by atoms with E-state index in [0.717, 1.165) is 61.1 Å². The molecule has 0 radical (unpaired) electrons. The fraction of sp³-hybridized carbons (Fsp3) is 0.364. The van der Waals surface area contributed by atoms with E-state index in [1.54, 1.807) is 17.8 Å². The molecule has 29 heavy (non-hydrogen) atoms. The molecule has 4 rings (SSSR count). The van der Waals surface area contributed by atoms with E-state index >= 15 is 0 Å². The fourth-order valence-corrected chi connectivity index (χ4v) is 4.69. The second-order valence-electron chi connectivity index (χ2n) is 7.25. The molecule has 7 heteroatoms. The van der Waals surface area contributed by atoms with Gasteiger partial charge in [0.2, 0.25) is 5.91 Å². The molecule has 5 nitrogen and oxygen atoms in total. The van der Waals surface area contributed by atoms with Crippen LogP contribution in [0.15, 0.2) is 58.5 Å². The zero-order valence-electron chi connectivity index (χ0n) is 16.3. The number of benzene rings is 2. The summed E-state index contributed by atoms with van der Waals surface area (Å²) >= 11 is 1.69. The number of nitrogens with one attached hydrogen (secondary N) is 1. The summed E-state index contributed by atoms with van der Waals surface area (Å²) in [5, 5.41) is 4.29. The molecule has 0 atom stereocenters. The lowest BCUT2D eigenvalue weighted by Gasteiger charge is -2.36. The largest absolute Gasteiger partial charge is 0.369 e. The van der Waals surface area contributed by atoms with Crippen molar-refractivity contribution in [2.75, 3.05) is 43.4 Å². The average molecular weight is 413 g/mol. The number of carbonyl (C=O) groups is 1. The molecule has 2 aliphatic rings. The number of hydrogen-bond acceptors (Lipinski definition) is 5. The van der Waals surface area contributed by atoms with Gasteiger partial charge in [0.25, 0.3) is 0 Å². The number of rotatable bonds is 5. The molecule has 0 spiro atoms. The Balaban J connectivity index is 1.24. The van der Waals surface area contributed by atoms with Crippen molar-refractivity contribution in [2.45, 2.75) is 17.7 Å². The highest BCUT2D eigenvalue weighted by Gasteiger charge is 2.19. The van der Waals surface area contributed by atoms with Crippen LogP contribution in [0.4, 0.5) is 10.1 Å². The van der Waals surface area contributed by atoms with Crippen LogP contribution in [0.2, 0.25) is 0 Å². The summed E-state index contributed by atoms with van der Waals surface area (Å²) in [4.78, 5) is 18.0. The number of anilines is 1. The third-order valence-electron chi connectivity index (χ3n) is 5.31. The third kappa shape index (κ3) is 5.16. The lowest BCUT2D eigenvalue weighted by Crippen LogP contribution is -2.47. The van der Waals surface area contributed by atoms with Gasteiger partial charge >= 0.3 is 0 Å². The van der Waals surface area contributed by atoms with Crippen LogP contribution in [0.1, 0.15) is 18.4 Å². The summed E-state index contributed by atoms with van der Waals surface area (Å²) in [5.74, 6) is 0.512.